The smallest absolute Gasteiger partial charge is 0.0637 e. The normalized spacial score (nSPS) is 11.9. The van der Waals surface area contributed by atoms with Crippen LogP contribution in [0, 0.1) is 0 Å². The summed E-state index contributed by atoms with van der Waals surface area (Å²) >= 11 is 6.32. The topological polar surface area (TPSA) is 37.0 Å². The fraction of sp³-hybridized carbons (Fsp3) is 0.190. The number of nitrogens with zero attached hydrogens (tertiary/aromatic N) is 1. The van der Waals surface area contributed by atoms with Crippen molar-refractivity contribution in [3.63, 3.8) is 0 Å². The fourth-order valence-corrected chi connectivity index (χ4v) is 2.82. The Morgan fingerprint density at radius 2 is 1.76 bits per heavy atom. The molecular formula is C21H22ClN3. The first-order valence-electron chi connectivity index (χ1n) is 8.43. The molecule has 128 valence electrons. The molecule has 0 radical (unpaired) electrons. The van der Waals surface area contributed by atoms with Crippen LogP contribution in [-0.2, 0) is 13.1 Å². The Balaban J connectivity index is 1.61. The van der Waals surface area contributed by atoms with E-state index in [0.717, 1.165) is 22.9 Å². The van der Waals surface area contributed by atoms with Gasteiger partial charge in [0.1, 0.15) is 0 Å². The predicted molar refractivity (Wildman–Crippen MR) is 105 cm³/mol. The second-order valence-electron chi connectivity index (χ2n) is 6.00. The van der Waals surface area contributed by atoms with Gasteiger partial charge in [-0.15, -0.1) is 0 Å². The molecule has 0 spiro atoms. The van der Waals surface area contributed by atoms with Gasteiger partial charge in [0.15, 0.2) is 0 Å². The summed E-state index contributed by atoms with van der Waals surface area (Å²) in [5.74, 6) is 0. The molecule has 25 heavy (non-hydrogen) atoms. The molecule has 0 fully saturated rings. The average molecular weight is 352 g/mol. The third-order valence-electron chi connectivity index (χ3n) is 4.13. The van der Waals surface area contributed by atoms with Crippen molar-refractivity contribution in [2.75, 3.05) is 5.32 Å². The van der Waals surface area contributed by atoms with Gasteiger partial charge in [-0.1, -0.05) is 54.1 Å². The number of nitrogens with one attached hydrogen (secondary N) is 2. The molecule has 1 aromatic heterocycles. The van der Waals surface area contributed by atoms with Gasteiger partial charge in [-0.05, 0) is 42.3 Å². The summed E-state index contributed by atoms with van der Waals surface area (Å²) in [6.45, 7) is 3.61. The van der Waals surface area contributed by atoms with Crippen LogP contribution in [0.1, 0.15) is 29.8 Å². The van der Waals surface area contributed by atoms with Crippen LogP contribution < -0.4 is 10.6 Å². The molecule has 0 aliphatic heterocycles. The van der Waals surface area contributed by atoms with Crippen LogP contribution in [0.3, 0.4) is 0 Å². The monoisotopic (exact) mass is 351 g/mol. The predicted octanol–water partition coefficient (Wildman–Crippen LogP) is 5.20. The van der Waals surface area contributed by atoms with Crippen LogP contribution in [0.2, 0.25) is 5.02 Å². The molecule has 2 aromatic carbocycles. The van der Waals surface area contributed by atoms with Crippen molar-refractivity contribution in [2.24, 2.45) is 0 Å². The molecule has 3 aromatic rings. The Kier molecular flexibility index (Phi) is 6.04. The molecule has 0 aliphatic carbocycles. The van der Waals surface area contributed by atoms with Crippen LogP contribution in [0.15, 0.2) is 72.9 Å². The molecule has 4 heteroatoms. The zero-order valence-electron chi connectivity index (χ0n) is 14.2. The number of benzene rings is 2. The van der Waals surface area contributed by atoms with Gasteiger partial charge in [-0.25, -0.2) is 0 Å². The Bertz CT molecular complexity index is 791. The second kappa shape index (κ2) is 8.65. The highest BCUT2D eigenvalue weighted by Crippen LogP contribution is 2.24. The van der Waals surface area contributed by atoms with Crippen molar-refractivity contribution in [1.82, 2.24) is 10.3 Å². The Morgan fingerprint density at radius 1 is 0.960 bits per heavy atom. The molecule has 0 bridgehead atoms. The van der Waals surface area contributed by atoms with Gasteiger partial charge in [0, 0.05) is 18.8 Å². The second-order valence-corrected chi connectivity index (χ2v) is 6.41. The van der Waals surface area contributed by atoms with Gasteiger partial charge in [0.25, 0.3) is 0 Å². The highest BCUT2D eigenvalue weighted by atomic mass is 35.5. The Hall–Kier alpha value is -2.36. The van der Waals surface area contributed by atoms with Gasteiger partial charge in [-0.3, -0.25) is 4.98 Å². The molecule has 0 amide bonds. The van der Waals surface area contributed by atoms with Gasteiger partial charge in [-0.2, -0.15) is 0 Å². The highest BCUT2D eigenvalue weighted by Gasteiger charge is 2.06. The molecule has 0 saturated heterocycles. The lowest BCUT2D eigenvalue weighted by Crippen LogP contribution is -2.18. The van der Waals surface area contributed by atoms with E-state index in [1.165, 1.54) is 11.1 Å². The summed E-state index contributed by atoms with van der Waals surface area (Å²) in [7, 11) is 0. The molecule has 3 nitrogen and oxygen atoms in total. The first-order valence-corrected chi connectivity index (χ1v) is 8.81. The van der Waals surface area contributed by atoms with E-state index in [1.54, 1.807) is 6.20 Å². The average Bonchev–Trinajstić information content (AvgIpc) is 2.67. The molecule has 1 heterocycles. The van der Waals surface area contributed by atoms with Crippen LogP contribution in [-0.4, -0.2) is 4.98 Å². The lowest BCUT2D eigenvalue weighted by atomic mass is 10.1. The van der Waals surface area contributed by atoms with E-state index in [0.29, 0.717) is 12.6 Å². The van der Waals surface area contributed by atoms with Gasteiger partial charge < -0.3 is 10.6 Å². The Morgan fingerprint density at radius 3 is 2.52 bits per heavy atom. The number of aromatic nitrogens is 1. The van der Waals surface area contributed by atoms with Crippen molar-refractivity contribution in [3.8, 4) is 0 Å². The number of hydrogen-bond acceptors (Lipinski definition) is 3. The summed E-state index contributed by atoms with van der Waals surface area (Å²) in [4.78, 5) is 4.32. The lowest BCUT2D eigenvalue weighted by molar-refractivity contribution is 0.575. The summed E-state index contributed by atoms with van der Waals surface area (Å²) in [6.07, 6.45) is 1.80. The van der Waals surface area contributed by atoms with Crippen molar-refractivity contribution < 1.29 is 0 Å². The van der Waals surface area contributed by atoms with E-state index in [1.807, 2.05) is 30.3 Å². The van der Waals surface area contributed by atoms with E-state index in [-0.39, 0.29) is 0 Å². The number of rotatable bonds is 7. The molecule has 1 atom stereocenters. The summed E-state index contributed by atoms with van der Waals surface area (Å²) in [5, 5.41) is 7.64. The SMILES string of the molecule is CC(NCc1ccc(Cl)c(NCc2ccccn2)c1)c1ccccc1. The number of pyridine rings is 1. The fourth-order valence-electron chi connectivity index (χ4n) is 2.64. The maximum Gasteiger partial charge on any atom is 0.0637 e. The standard InChI is InChI=1S/C21H22ClN3/c1-16(18-7-3-2-4-8-18)24-14-17-10-11-20(22)21(13-17)25-15-19-9-5-6-12-23-19/h2-13,16,24-25H,14-15H2,1H3. The van der Waals surface area contributed by atoms with E-state index >= 15 is 0 Å². The van der Waals surface area contributed by atoms with E-state index in [4.69, 9.17) is 11.6 Å². The van der Waals surface area contributed by atoms with Crippen molar-refractivity contribution in [3.05, 3.63) is 94.8 Å². The summed E-state index contributed by atoms with van der Waals surface area (Å²) < 4.78 is 0. The third kappa shape index (κ3) is 5.05. The number of hydrogen-bond donors (Lipinski definition) is 2. The van der Waals surface area contributed by atoms with Crippen molar-refractivity contribution in [2.45, 2.75) is 26.1 Å². The van der Waals surface area contributed by atoms with Crippen LogP contribution >= 0.6 is 11.6 Å². The maximum absolute atomic E-state index is 6.32. The molecule has 3 rings (SSSR count). The summed E-state index contributed by atoms with van der Waals surface area (Å²) in [6, 6.07) is 22.7. The zero-order valence-corrected chi connectivity index (χ0v) is 15.0. The van der Waals surface area contributed by atoms with Crippen LogP contribution in [0.4, 0.5) is 5.69 Å². The van der Waals surface area contributed by atoms with E-state index in [2.05, 4.69) is 58.9 Å². The quantitative estimate of drug-likeness (QED) is 0.614. The highest BCUT2D eigenvalue weighted by molar-refractivity contribution is 6.33. The first kappa shape index (κ1) is 17.5. The van der Waals surface area contributed by atoms with Gasteiger partial charge in [0.2, 0.25) is 0 Å². The van der Waals surface area contributed by atoms with Crippen LogP contribution in [0.25, 0.3) is 0 Å². The zero-order chi connectivity index (χ0) is 17.5. The number of halogens is 1. The van der Waals surface area contributed by atoms with Gasteiger partial charge >= 0.3 is 0 Å². The molecule has 0 aliphatic rings. The number of anilines is 1. The molecule has 0 saturated carbocycles. The molecular weight excluding hydrogens is 330 g/mol. The first-order chi connectivity index (χ1) is 12.2. The van der Waals surface area contributed by atoms with Crippen molar-refractivity contribution in [1.29, 1.82) is 0 Å². The molecule has 2 N–H and O–H groups in total. The maximum atomic E-state index is 6.32. The largest absolute Gasteiger partial charge is 0.378 e. The summed E-state index contributed by atoms with van der Waals surface area (Å²) in [5.41, 5.74) is 4.39. The van der Waals surface area contributed by atoms with Gasteiger partial charge in [0.05, 0.1) is 22.9 Å². The minimum Gasteiger partial charge on any atom is -0.378 e. The lowest BCUT2D eigenvalue weighted by Gasteiger charge is -2.15. The third-order valence-corrected chi connectivity index (χ3v) is 4.46. The Labute approximate surface area is 154 Å². The molecule has 1 unspecified atom stereocenters. The minimum absolute atomic E-state index is 0.293. The van der Waals surface area contributed by atoms with E-state index in [9.17, 15) is 0 Å². The minimum atomic E-state index is 0.293. The van der Waals surface area contributed by atoms with Crippen molar-refractivity contribution >= 4 is 17.3 Å². The van der Waals surface area contributed by atoms with Crippen LogP contribution in [0.5, 0.6) is 0 Å². The van der Waals surface area contributed by atoms with E-state index < -0.39 is 0 Å².